The van der Waals surface area contributed by atoms with Gasteiger partial charge < -0.3 is 29.2 Å². The summed E-state index contributed by atoms with van der Waals surface area (Å²) in [6, 6.07) is 0.225. The van der Waals surface area contributed by atoms with Crippen molar-refractivity contribution in [1.29, 1.82) is 0 Å². The lowest BCUT2D eigenvalue weighted by Crippen LogP contribution is -2.58. The maximum Gasteiger partial charge on any atom is 0.254 e. The van der Waals surface area contributed by atoms with Gasteiger partial charge in [-0.25, -0.2) is 0 Å². The maximum atomic E-state index is 12.8. The summed E-state index contributed by atoms with van der Waals surface area (Å²) in [7, 11) is 0. The number of hydrogen-bond donors (Lipinski definition) is 1. The molecule has 2 atom stereocenters. The molecule has 0 aromatic carbocycles. The van der Waals surface area contributed by atoms with E-state index in [1.807, 2.05) is 18.7 Å². The van der Waals surface area contributed by atoms with Crippen molar-refractivity contribution in [2.24, 2.45) is 0 Å². The minimum Gasteiger partial charge on any atom is -0.376 e. The number of amides is 2. The van der Waals surface area contributed by atoms with Gasteiger partial charge >= 0.3 is 0 Å². The van der Waals surface area contributed by atoms with Gasteiger partial charge in [0.15, 0.2) is 12.2 Å². The maximum absolute atomic E-state index is 12.8. The number of ether oxygens (including phenoxy) is 4. The lowest BCUT2D eigenvalue weighted by molar-refractivity contribution is -0.160. The molecule has 2 saturated heterocycles. The number of nitrogens with one attached hydrogen (secondary N) is 1. The molecular weight excluding hydrogens is 328 g/mol. The first-order valence-electron chi connectivity index (χ1n) is 8.97. The van der Waals surface area contributed by atoms with Crippen LogP contribution in [0, 0.1) is 0 Å². The molecule has 1 aliphatic carbocycles. The van der Waals surface area contributed by atoms with E-state index in [1.165, 1.54) is 0 Å². The molecule has 25 heavy (non-hydrogen) atoms. The van der Waals surface area contributed by atoms with Crippen molar-refractivity contribution in [3.05, 3.63) is 0 Å². The normalized spacial score (nSPS) is 27.6. The Balaban J connectivity index is 1.58. The zero-order valence-corrected chi connectivity index (χ0v) is 15.0. The Kier molecular flexibility index (Phi) is 5.93. The zero-order valence-electron chi connectivity index (χ0n) is 15.0. The van der Waals surface area contributed by atoms with E-state index in [9.17, 15) is 9.59 Å². The number of hydrogen-bond acceptors (Lipinski definition) is 6. The molecule has 3 fully saturated rings. The highest BCUT2D eigenvalue weighted by Gasteiger charge is 2.40. The molecule has 2 amide bonds. The summed E-state index contributed by atoms with van der Waals surface area (Å²) in [6.45, 7) is 6.71. The summed E-state index contributed by atoms with van der Waals surface area (Å²) in [6.07, 6.45) is 0.843. The Morgan fingerprint density at radius 2 is 1.60 bits per heavy atom. The van der Waals surface area contributed by atoms with Crippen molar-refractivity contribution in [2.75, 3.05) is 46.2 Å². The predicted molar refractivity (Wildman–Crippen MR) is 88.1 cm³/mol. The van der Waals surface area contributed by atoms with Gasteiger partial charge in [0.25, 0.3) is 11.8 Å². The summed E-state index contributed by atoms with van der Waals surface area (Å²) in [5.41, 5.74) is -0.578. The fourth-order valence-electron chi connectivity index (χ4n) is 3.11. The van der Waals surface area contributed by atoms with Crippen molar-refractivity contribution in [3.63, 3.8) is 0 Å². The summed E-state index contributed by atoms with van der Waals surface area (Å²) in [5.74, 6) is -0.257. The summed E-state index contributed by atoms with van der Waals surface area (Å²) < 4.78 is 21.6. The lowest BCUT2D eigenvalue weighted by Gasteiger charge is -2.37. The Morgan fingerprint density at radius 1 is 1.00 bits per heavy atom. The van der Waals surface area contributed by atoms with E-state index in [1.54, 1.807) is 0 Å². The number of carbonyl (C=O) groups is 2. The van der Waals surface area contributed by atoms with Crippen molar-refractivity contribution >= 4 is 11.8 Å². The Labute approximate surface area is 148 Å². The third kappa shape index (κ3) is 5.13. The molecule has 142 valence electrons. The Hall–Kier alpha value is -1.22. The zero-order chi connectivity index (χ0) is 17.9. The van der Waals surface area contributed by atoms with E-state index in [-0.39, 0.29) is 24.5 Å². The molecule has 2 aliphatic heterocycles. The molecule has 0 aromatic rings. The molecule has 2 heterocycles. The van der Waals surface area contributed by atoms with Crippen LogP contribution < -0.4 is 5.32 Å². The van der Waals surface area contributed by atoms with Crippen LogP contribution in [0.5, 0.6) is 0 Å². The van der Waals surface area contributed by atoms with Crippen LogP contribution >= 0.6 is 0 Å². The van der Waals surface area contributed by atoms with E-state index in [0.717, 1.165) is 12.8 Å². The molecule has 8 heteroatoms. The first-order chi connectivity index (χ1) is 12.0. The fraction of sp³-hybridized carbons (Fsp3) is 0.882. The molecule has 1 N–H and O–H groups in total. The molecule has 3 rings (SSSR count). The highest BCUT2D eigenvalue weighted by Crippen LogP contribution is 2.29. The summed E-state index contributed by atoms with van der Waals surface area (Å²) in [5, 5.41) is 2.99. The van der Waals surface area contributed by atoms with E-state index < -0.39 is 17.7 Å². The molecule has 0 aromatic heterocycles. The molecule has 0 radical (unpaired) electrons. The average molecular weight is 356 g/mol. The second-order valence-electron chi connectivity index (χ2n) is 7.44. The van der Waals surface area contributed by atoms with Gasteiger partial charge in [-0.3, -0.25) is 9.59 Å². The quantitative estimate of drug-likeness (QED) is 0.703. The standard InChI is InChI=1S/C17H28N2O6/c1-17(2,18-15(20)13-9-22-5-7-24-13)11-19(12-3-4-12)16(21)14-10-23-6-8-25-14/h12-14H,3-11H2,1-2H3,(H,18,20)/t13-,14+/m1/s1. The summed E-state index contributed by atoms with van der Waals surface area (Å²) >= 11 is 0. The van der Waals surface area contributed by atoms with Gasteiger partial charge in [0, 0.05) is 12.6 Å². The molecule has 8 nitrogen and oxygen atoms in total. The van der Waals surface area contributed by atoms with Gasteiger partial charge in [0.05, 0.1) is 45.2 Å². The third-order valence-corrected chi connectivity index (χ3v) is 4.50. The number of carbonyl (C=O) groups excluding carboxylic acids is 2. The van der Waals surface area contributed by atoms with Crippen molar-refractivity contribution < 1.29 is 28.5 Å². The van der Waals surface area contributed by atoms with Crippen molar-refractivity contribution in [3.8, 4) is 0 Å². The minimum atomic E-state index is -0.590. The topological polar surface area (TPSA) is 86.3 Å². The first kappa shape index (κ1) is 18.6. The van der Waals surface area contributed by atoms with Crippen molar-refractivity contribution in [1.82, 2.24) is 10.2 Å². The van der Waals surface area contributed by atoms with Crippen LogP contribution in [0.4, 0.5) is 0 Å². The van der Waals surface area contributed by atoms with Crippen molar-refractivity contribution in [2.45, 2.75) is 50.5 Å². The van der Waals surface area contributed by atoms with Crippen LogP contribution in [0.2, 0.25) is 0 Å². The Morgan fingerprint density at radius 3 is 2.12 bits per heavy atom. The van der Waals surface area contributed by atoms with Crippen LogP contribution in [0.1, 0.15) is 26.7 Å². The highest BCUT2D eigenvalue weighted by atomic mass is 16.6. The van der Waals surface area contributed by atoms with Gasteiger partial charge in [-0.1, -0.05) is 0 Å². The van der Waals surface area contributed by atoms with Crippen LogP contribution in [-0.2, 0) is 28.5 Å². The van der Waals surface area contributed by atoms with Crippen LogP contribution in [-0.4, -0.2) is 86.7 Å². The van der Waals surface area contributed by atoms with Gasteiger partial charge in [0.1, 0.15) is 0 Å². The SMILES string of the molecule is CC(C)(CN(C(=O)[C@@H]1COCCO1)C1CC1)NC(=O)[C@H]1COCCO1. The first-order valence-corrected chi connectivity index (χ1v) is 8.97. The molecule has 0 unspecified atom stereocenters. The lowest BCUT2D eigenvalue weighted by atomic mass is 10.0. The van der Waals surface area contributed by atoms with E-state index in [2.05, 4.69) is 5.32 Å². The van der Waals surface area contributed by atoms with Crippen LogP contribution in [0.15, 0.2) is 0 Å². The monoisotopic (exact) mass is 356 g/mol. The van der Waals surface area contributed by atoms with Gasteiger partial charge in [0.2, 0.25) is 0 Å². The van der Waals surface area contributed by atoms with Crippen LogP contribution in [0.25, 0.3) is 0 Å². The van der Waals surface area contributed by atoms with E-state index in [4.69, 9.17) is 18.9 Å². The molecular formula is C17H28N2O6. The second kappa shape index (κ2) is 7.99. The van der Waals surface area contributed by atoms with Gasteiger partial charge in [-0.05, 0) is 26.7 Å². The second-order valence-corrected chi connectivity index (χ2v) is 7.44. The third-order valence-electron chi connectivity index (χ3n) is 4.50. The average Bonchev–Trinajstić information content (AvgIpc) is 3.45. The van der Waals surface area contributed by atoms with E-state index in [0.29, 0.717) is 39.6 Å². The molecule has 3 aliphatic rings. The van der Waals surface area contributed by atoms with Gasteiger partial charge in [-0.2, -0.15) is 0 Å². The largest absolute Gasteiger partial charge is 0.376 e. The number of rotatable bonds is 6. The van der Waals surface area contributed by atoms with Crippen LogP contribution in [0.3, 0.4) is 0 Å². The molecule has 0 bridgehead atoms. The minimum absolute atomic E-state index is 0.0539. The fourth-order valence-corrected chi connectivity index (χ4v) is 3.11. The smallest absolute Gasteiger partial charge is 0.254 e. The predicted octanol–water partition coefficient (Wildman–Crippen LogP) is -0.297. The number of nitrogens with zero attached hydrogens (tertiary/aromatic N) is 1. The van der Waals surface area contributed by atoms with E-state index >= 15 is 0 Å². The summed E-state index contributed by atoms with van der Waals surface area (Å²) in [4.78, 5) is 27.0. The Bertz CT molecular complexity index is 482. The highest BCUT2D eigenvalue weighted by molar-refractivity contribution is 5.83. The molecule has 0 spiro atoms. The molecule has 1 saturated carbocycles. The van der Waals surface area contributed by atoms with Gasteiger partial charge in [-0.15, -0.1) is 0 Å².